The van der Waals surface area contributed by atoms with E-state index in [-0.39, 0.29) is 5.91 Å². The van der Waals surface area contributed by atoms with E-state index < -0.39 is 0 Å². The number of likely N-dealkylation sites (N-methyl/N-ethyl adjacent to an activating group) is 1. The van der Waals surface area contributed by atoms with E-state index in [1.807, 2.05) is 31.2 Å². The van der Waals surface area contributed by atoms with E-state index >= 15 is 0 Å². The molecule has 78 valence electrons. The van der Waals surface area contributed by atoms with Gasteiger partial charge in [-0.1, -0.05) is 18.2 Å². The summed E-state index contributed by atoms with van der Waals surface area (Å²) in [6, 6.07) is 7.80. The highest BCUT2D eigenvalue weighted by Gasteiger charge is 2.08. The Hall–Kier alpha value is -1.84. The second-order valence-electron chi connectivity index (χ2n) is 3.35. The van der Waals surface area contributed by atoms with Crippen molar-refractivity contribution in [3.05, 3.63) is 30.0 Å². The number of H-pyrrole nitrogens is 1. The molecule has 0 saturated heterocycles. The molecule has 2 rings (SSSR count). The fourth-order valence-corrected chi connectivity index (χ4v) is 1.57. The lowest BCUT2D eigenvalue weighted by atomic mass is 10.1. The molecular weight excluding hydrogens is 190 g/mol. The van der Waals surface area contributed by atoms with Crippen LogP contribution in [0.25, 0.3) is 10.9 Å². The van der Waals surface area contributed by atoms with E-state index in [1.54, 1.807) is 0 Å². The molecule has 0 unspecified atom stereocenters. The van der Waals surface area contributed by atoms with E-state index in [2.05, 4.69) is 15.5 Å². The lowest BCUT2D eigenvalue weighted by Gasteiger charge is -1.99. The summed E-state index contributed by atoms with van der Waals surface area (Å²) < 4.78 is 0. The molecule has 1 heterocycles. The fourth-order valence-electron chi connectivity index (χ4n) is 1.57. The minimum atomic E-state index is 0.00903. The number of hydrogen-bond acceptors (Lipinski definition) is 2. The van der Waals surface area contributed by atoms with Crippen LogP contribution in [0.3, 0.4) is 0 Å². The Balaban J connectivity index is 2.25. The highest BCUT2D eigenvalue weighted by molar-refractivity contribution is 5.87. The number of amides is 1. The van der Waals surface area contributed by atoms with Crippen molar-refractivity contribution in [2.24, 2.45) is 0 Å². The van der Waals surface area contributed by atoms with Gasteiger partial charge in [-0.15, -0.1) is 0 Å². The lowest BCUT2D eigenvalue weighted by molar-refractivity contribution is -0.120. The van der Waals surface area contributed by atoms with Crippen LogP contribution >= 0.6 is 0 Å². The van der Waals surface area contributed by atoms with Gasteiger partial charge in [-0.2, -0.15) is 5.10 Å². The summed E-state index contributed by atoms with van der Waals surface area (Å²) in [7, 11) is 0. The minimum Gasteiger partial charge on any atom is -0.356 e. The monoisotopic (exact) mass is 203 g/mol. The zero-order valence-corrected chi connectivity index (χ0v) is 8.58. The van der Waals surface area contributed by atoms with Crippen LogP contribution in [0.5, 0.6) is 0 Å². The summed E-state index contributed by atoms with van der Waals surface area (Å²) in [6.45, 7) is 2.56. The highest BCUT2D eigenvalue weighted by Crippen LogP contribution is 2.15. The number of nitrogens with zero attached hydrogens (tertiary/aromatic N) is 1. The first-order chi connectivity index (χ1) is 7.31. The Morgan fingerprint density at radius 1 is 1.47 bits per heavy atom. The average Bonchev–Trinajstić information content (AvgIpc) is 2.62. The summed E-state index contributed by atoms with van der Waals surface area (Å²) in [6.07, 6.45) is 0.331. The van der Waals surface area contributed by atoms with Gasteiger partial charge in [0.05, 0.1) is 17.6 Å². The van der Waals surface area contributed by atoms with Gasteiger partial charge in [-0.25, -0.2) is 0 Å². The van der Waals surface area contributed by atoms with Gasteiger partial charge in [0.1, 0.15) is 0 Å². The molecule has 0 spiro atoms. The highest BCUT2D eigenvalue weighted by atomic mass is 16.1. The molecule has 0 radical (unpaired) electrons. The van der Waals surface area contributed by atoms with Gasteiger partial charge in [0.15, 0.2) is 0 Å². The standard InChI is InChI=1S/C11H13N3O/c1-2-12-11(15)7-10-8-5-3-4-6-9(8)13-14-10/h3-6H,2,7H2,1H3,(H,12,15)(H,13,14). The largest absolute Gasteiger partial charge is 0.356 e. The summed E-state index contributed by atoms with van der Waals surface area (Å²) in [5.74, 6) is 0.00903. The molecular formula is C11H13N3O. The maximum absolute atomic E-state index is 11.4. The third kappa shape index (κ3) is 1.98. The molecule has 4 nitrogen and oxygen atoms in total. The third-order valence-corrected chi connectivity index (χ3v) is 2.25. The normalized spacial score (nSPS) is 10.5. The molecule has 2 aromatic rings. The molecule has 1 aromatic carbocycles. The Labute approximate surface area is 87.7 Å². The van der Waals surface area contributed by atoms with E-state index in [9.17, 15) is 4.79 Å². The van der Waals surface area contributed by atoms with Crippen LogP contribution in [0.2, 0.25) is 0 Å². The van der Waals surface area contributed by atoms with Crippen LogP contribution in [-0.2, 0) is 11.2 Å². The van der Waals surface area contributed by atoms with Crippen molar-refractivity contribution >= 4 is 16.8 Å². The third-order valence-electron chi connectivity index (χ3n) is 2.25. The Morgan fingerprint density at radius 2 is 2.27 bits per heavy atom. The Morgan fingerprint density at radius 3 is 3.07 bits per heavy atom. The molecule has 0 aliphatic heterocycles. The van der Waals surface area contributed by atoms with Crippen LogP contribution in [-0.4, -0.2) is 22.6 Å². The van der Waals surface area contributed by atoms with Gasteiger partial charge in [0.2, 0.25) is 5.91 Å². The minimum absolute atomic E-state index is 0.00903. The van der Waals surface area contributed by atoms with Crippen LogP contribution in [0, 0.1) is 0 Å². The van der Waals surface area contributed by atoms with Crippen LogP contribution in [0.1, 0.15) is 12.6 Å². The van der Waals surface area contributed by atoms with Crippen molar-refractivity contribution in [3.63, 3.8) is 0 Å². The van der Waals surface area contributed by atoms with Crippen molar-refractivity contribution < 1.29 is 4.79 Å². The first-order valence-electron chi connectivity index (χ1n) is 5.00. The Bertz CT molecular complexity index is 475. The van der Waals surface area contributed by atoms with E-state index in [0.717, 1.165) is 16.6 Å². The molecule has 0 atom stereocenters. The van der Waals surface area contributed by atoms with Crippen molar-refractivity contribution in [2.45, 2.75) is 13.3 Å². The number of para-hydroxylation sites is 1. The smallest absolute Gasteiger partial charge is 0.226 e. The number of aromatic amines is 1. The topological polar surface area (TPSA) is 57.8 Å². The van der Waals surface area contributed by atoms with Gasteiger partial charge in [0, 0.05) is 11.9 Å². The first-order valence-corrected chi connectivity index (χ1v) is 5.00. The van der Waals surface area contributed by atoms with Crippen LogP contribution < -0.4 is 5.32 Å². The molecule has 0 fully saturated rings. The number of hydrogen-bond donors (Lipinski definition) is 2. The zero-order valence-electron chi connectivity index (χ0n) is 8.58. The molecule has 15 heavy (non-hydrogen) atoms. The summed E-state index contributed by atoms with van der Waals surface area (Å²) >= 11 is 0. The summed E-state index contributed by atoms with van der Waals surface area (Å²) in [5.41, 5.74) is 1.77. The fraction of sp³-hybridized carbons (Fsp3) is 0.273. The quantitative estimate of drug-likeness (QED) is 0.788. The maximum Gasteiger partial charge on any atom is 0.226 e. The van der Waals surface area contributed by atoms with Crippen molar-refractivity contribution in [3.8, 4) is 0 Å². The molecule has 1 aromatic heterocycles. The Kier molecular flexibility index (Phi) is 2.67. The van der Waals surface area contributed by atoms with Gasteiger partial charge in [-0.3, -0.25) is 9.89 Å². The number of benzene rings is 1. The van der Waals surface area contributed by atoms with Crippen LogP contribution in [0.15, 0.2) is 24.3 Å². The predicted octanol–water partition coefficient (Wildman–Crippen LogP) is 1.24. The zero-order chi connectivity index (χ0) is 10.7. The molecule has 0 bridgehead atoms. The molecule has 4 heteroatoms. The molecule has 0 aliphatic rings. The maximum atomic E-state index is 11.4. The number of carbonyl (C=O) groups excluding carboxylic acids is 1. The first kappa shape index (κ1) is 9.71. The average molecular weight is 203 g/mol. The second kappa shape index (κ2) is 4.13. The lowest BCUT2D eigenvalue weighted by Crippen LogP contribution is -2.24. The van der Waals surface area contributed by atoms with E-state index in [4.69, 9.17) is 0 Å². The number of fused-ring (bicyclic) bond motifs is 1. The molecule has 0 saturated carbocycles. The number of nitrogens with one attached hydrogen (secondary N) is 2. The van der Waals surface area contributed by atoms with E-state index in [1.165, 1.54) is 0 Å². The van der Waals surface area contributed by atoms with Gasteiger partial charge >= 0.3 is 0 Å². The van der Waals surface area contributed by atoms with Gasteiger partial charge in [-0.05, 0) is 13.0 Å². The molecule has 0 aliphatic carbocycles. The predicted molar refractivity (Wildman–Crippen MR) is 58.5 cm³/mol. The second-order valence-corrected chi connectivity index (χ2v) is 3.35. The van der Waals surface area contributed by atoms with Crippen molar-refractivity contribution in [1.82, 2.24) is 15.5 Å². The number of aromatic nitrogens is 2. The van der Waals surface area contributed by atoms with Crippen LogP contribution in [0.4, 0.5) is 0 Å². The van der Waals surface area contributed by atoms with Crippen molar-refractivity contribution in [1.29, 1.82) is 0 Å². The number of carbonyl (C=O) groups is 1. The van der Waals surface area contributed by atoms with Gasteiger partial charge < -0.3 is 5.32 Å². The van der Waals surface area contributed by atoms with Gasteiger partial charge in [0.25, 0.3) is 0 Å². The number of rotatable bonds is 3. The summed E-state index contributed by atoms with van der Waals surface area (Å²) in [4.78, 5) is 11.4. The van der Waals surface area contributed by atoms with E-state index in [0.29, 0.717) is 13.0 Å². The van der Waals surface area contributed by atoms with Crippen molar-refractivity contribution in [2.75, 3.05) is 6.54 Å². The SMILES string of the molecule is CCNC(=O)Cc1n[nH]c2ccccc12. The molecule has 2 N–H and O–H groups in total. The molecule has 1 amide bonds. The summed E-state index contributed by atoms with van der Waals surface area (Å²) in [5, 5.41) is 10.8.